The molecule has 4 heteroatoms. The highest BCUT2D eigenvalue weighted by molar-refractivity contribution is 5.81. The minimum absolute atomic E-state index is 0.105. The van der Waals surface area contributed by atoms with Crippen molar-refractivity contribution in [3.8, 4) is 0 Å². The maximum Gasteiger partial charge on any atom is 0.239 e. The summed E-state index contributed by atoms with van der Waals surface area (Å²) in [5, 5.41) is 8.86. The van der Waals surface area contributed by atoms with E-state index in [0.29, 0.717) is 6.54 Å². The second-order valence-electron chi connectivity index (χ2n) is 4.62. The van der Waals surface area contributed by atoms with Gasteiger partial charge in [-0.15, -0.1) is 0 Å². The summed E-state index contributed by atoms with van der Waals surface area (Å²) in [5.74, 6) is 0.206. The average molecular weight is 228 g/mol. The van der Waals surface area contributed by atoms with Crippen LogP contribution >= 0.6 is 0 Å². The number of carbonyl (C=O) groups is 1. The molecule has 0 bridgehead atoms. The Labute approximate surface area is 98.2 Å². The maximum atomic E-state index is 12.2. The summed E-state index contributed by atoms with van der Waals surface area (Å²) >= 11 is 0. The highest BCUT2D eigenvalue weighted by Gasteiger charge is 2.23. The lowest BCUT2D eigenvalue weighted by atomic mass is 10.2. The first kappa shape index (κ1) is 13.5. The predicted molar refractivity (Wildman–Crippen MR) is 64.2 cm³/mol. The van der Waals surface area contributed by atoms with E-state index in [4.69, 9.17) is 5.11 Å². The number of likely N-dealkylation sites (tertiary alicyclic amines) is 1. The summed E-state index contributed by atoms with van der Waals surface area (Å²) in [6, 6.07) is -0.120. The molecule has 94 valence electrons. The number of amides is 1. The monoisotopic (exact) mass is 228 g/mol. The van der Waals surface area contributed by atoms with Crippen LogP contribution in [0.5, 0.6) is 0 Å². The van der Waals surface area contributed by atoms with Crippen LogP contribution in [0, 0.1) is 0 Å². The van der Waals surface area contributed by atoms with Crippen LogP contribution in [0.3, 0.4) is 0 Å². The van der Waals surface area contributed by atoms with Gasteiger partial charge in [-0.05, 0) is 26.8 Å². The summed E-state index contributed by atoms with van der Waals surface area (Å²) in [6.45, 7) is 4.38. The summed E-state index contributed by atoms with van der Waals surface area (Å²) in [4.78, 5) is 16.1. The lowest BCUT2D eigenvalue weighted by Gasteiger charge is -2.29. The minimum Gasteiger partial charge on any atom is -0.395 e. The molecule has 1 fully saturated rings. The van der Waals surface area contributed by atoms with Crippen LogP contribution in [0.2, 0.25) is 0 Å². The number of rotatable bonds is 4. The van der Waals surface area contributed by atoms with Crippen LogP contribution in [0.1, 0.15) is 32.6 Å². The standard InChI is InChI=1S/C12H24N2O2/c1-11(13(2)9-10-15)12(16)14-7-5-3-4-6-8-14/h11,15H,3-10H2,1-2H3. The lowest BCUT2D eigenvalue weighted by Crippen LogP contribution is -2.46. The topological polar surface area (TPSA) is 43.8 Å². The third kappa shape index (κ3) is 3.76. The van der Waals surface area contributed by atoms with E-state index in [1.165, 1.54) is 12.8 Å². The highest BCUT2D eigenvalue weighted by Crippen LogP contribution is 2.12. The fourth-order valence-corrected chi connectivity index (χ4v) is 2.10. The molecular formula is C12H24N2O2. The van der Waals surface area contributed by atoms with Gasteiger partial charge in [0.25, 0.3) is 0 Å². The maximum absolute atomic E-state index is 12.2. The van der Waals surface area contributed by atoms with Gasteiger partial charge in [-0.25, -0.2) is 0 Å². The Hall–Kier alpha value is -0.610. The van der Waals surface area contributed by atoms with Crippen molar-refractivity contribution in [1.29, 1.82) is 0 Å². The first-order chi connectivity index (χ1) is 7.66. The van der Waals surface area contributed by atoms with Crippen molar-refractivity contribution in [3.63, 3.8) is 0 Å². The molecule has 16 heavy (non-hydrogen) atoms. The molecule has 0 spiro atoms. The Balaban J connectivity index is 2.47. The molecule has 0 saturated carbocycles. The van der Waals surface area contributed by atoms with Crippen molar-refractivity contribution in [1.82, 2.24) is 9.80 Å². The Morgan fingerprint density at radius 3 is 2.38 bits per heavy atom. The van der Waals surface area contributed by atoms with E-state index in [9.17, 15) is 4.79 Å². The third-order valence-electron chi connectivity index (χ3n) is 3.39. The summed E-state index contributed by atoms with van der Waals surface area (Å²) in [7, 11) is 1.89. The Bertz CT molecular complexity index is 213. The van der Waals surface area contributed by atoms with Crippen LogP contribution in [-0.4, -0.2) is 60.1 Å². The largest absolute Gasteiger partial charge is 0.395 e. The molecule has 1 heterocycles. The number of nitrogens with zero attached hydrogens (tertiary/aromatic N) is 2. The summed E-state index contributed by atoms with van der Waals surface area (Å²) in [5.41, 5.74) is 0. The van der Waals surface area contributed by atoms with E-state index < -0.39 is 0 Å². The van der Waals surface area contributed by atoms with Gasteiger partial charge in [0.05, 0.1) is 12.6 Å². The molecule has 0 radical (unpaired) electrons. The zero-order valence-corrected chi connectivity index (χ0v) is 10.5. The molecule has 1 atom stereocenters. The predicted octanol–water partition coefficient (Wildman–Crippen LogP) is 0.702. The van der Waals surface area contributed by atoms with Gasteiger partial charge in [0, 0.05) is 19.6 Å². The third-order valence-corrected chi connectivity index (χ3v) is 3.39. The van der Waals surface area contributed by atoms with Gasteiger partial charge in [-0.1, -0.05) is 12.8 Å². The number of hydrogen-bond donors (Lipinski definition) is 1. The van der Waals surface area contributed by atoms with E-state index in [2.05, 4.69) is 0 Å². The van der Waals surface area contributed by atoms with Gasteiger partial charge in [0.2, 0.25) is 5.91 Å². The number of likely N-dealkylation sites (N-methyl/N-ethyl adjacent to an activating group) is 1. The van der Waals surface area contributed by atoms with Crippen molar-refractivity contribution in [2.75, 3.05) is 33.3 Å². The highest BCUT2D eigenvalue weighted by atomic mass is 16.3. The molecule has 1 rings (SSSR count). The summed E-state index contributed by atoms with van der Waals surface area (Å²) in [6.07, 6.45) is 4.74. The summed E-state index contributed by atoms with van der Waals surface area (Å²) < 4.78 is 0. The SMILES string of the molecule is CC(C(=O)N1CCCCCC1)N(C)CCO. The quantitative estimate of drug-likeness (QED) is 0.770. The molecule has 0 aromatic rings. The van der Waals surface area contributed by atoms with E-state index >= 15 is 0 Å². The van der Waals surface area contributed by atoms with E-state index in [1.54, 1.807) is 0 Å². The van der Waals surface area contributed by atoms with Crippen LogP contribution in [0.25, 0.3) is 0 Å². The van der Waals surface area contributed by atoms with Gasteiger partial charge in [0.15, 0.2) is 0 Å². The van der Waals surface area contributed by atoms with Gasteiger partial charge < -0.3 is 10.0 Å². The molecule has 4 nitrogen and oxygen atoms in total. The molecule has 0 aromatic carbocycles. The molecule has 1 aliphatic heterocycles. The fourth-order valence-electron chi connectivity index (χ4n) is 2.10. The number of aliphatic hydroxyl groups excluding tert-OH is 1. The second kappa shape index (κ2) is 6.86. The molecule has 1 unspecified atom stereocenters. The Morgan fingerprint density at radius 2 is 1.88 bits per heavy atom. The molecule has 0 aliphatic carbocycles. The Morgan fingerprint density at radius 1 is 1.31 bits per heavy atom. The molecule has 1 saturated heterocycles. The smallest absolute Gasteiger partial charge is 0.239 e. The number of hydrogen-bond acceptors (Lipinski definition) is 3. The van der Waals surface area contributed by atoms with Crippen LogP contribution < -0.4 is 0 Å². The molecule has 1 aliphatic rings. The van der Waals surface area contributed by atoms with Gasteiger partial charge in [-0.3, -0.25) is 9.69 Å². The van der Waals surface area contributed by atoms with Crippen molar-refractivity contribution < 1.29 is 9.90 Å². The zero-order chi connectivity index (χ0) is 12.0. The molecule has 1 N–H and O–H groups in total. The number of carbonyl (C=O) groups excluding carboxylic acids is 1. The first-order valence-corrected chi connectivity index (χ1v) is 6.26. The van der Waals surface area contributed by atoms with Crippen LogP contribution in [0.4, 0.5) is 0 Å². The Kier molecular flexibility index (Phi) is 5.77. The number of aliphatic hydroxyl groups is 1. The zero-order valence-electron chi connectivity index (χ0n) is 10.5. The molecule has 1 amide bonds. The van der Waals surface area contributed by atoms with Crippen LogP contribution in [0.15, 0.2) is 0 Å². The van der Waals surface area contributed by atoms with Gasteiger partial charge in [0.1, 0.15) is 0 Å². The molecule has 0 aromatic heterocycles. The molecular weight excluding hydrogens is 204 g/mol. The average Bonchev–Trinajstić information content (AvgIpc) is 2.56. The van der Waals surface area contributed by atoms with E-state index in [-0.39, 0.29) is 18.6 Å². The fraction of sp³-hybridized carbons (Fsp3) is 0.917. The van der Waals surface area contributed by atoms with Crippen molar-refractivity contribution in [2.24, 2.45) is 0 Å². The van der Waals surface area contributed by atoms with Crippen molar-refractivity contribution >= 4 is 5.91 Å². The van der Waals surface area contributed by atoms with Gasteiger partial charge >= 0.3 is 0 Å². The minimum atomic E-state index is -0.120. The van der Waals surface area contributed by atoms with E-state index in [0.717, 1.165) is 25.9 Å². The van der Waals surface area contributed by atoms with Crippen LogP contribution in [-0.2, 0) is 4.79 Å². The van der Waals surface area contributed by atoms with E-state index in [1.807, 2.05) is 23.8 Å². The normalized spacial score (nSPS) is 19.6. The first-order valence-electron chi connectivity index (χ1n) is 6.26. The van der Waals surface area contributed by atoms with Crippen molar-refractivity contribution in [2.45, 2.75) is 38.6 Å². The lowest BCUT2D eigenvalue weighted by molar-refractivity contribution is -0.136. The van der Waals surface area contributed by atoms with Crippen molar-refractivity contribution in [3.05, 3.63) is 0 Å². The van der Waals surface area contributed by atoms with Gasteiger partial charge in [-0.2, -0.15) is 0 Å². The second-order valence-corrected chi connectivity index (χ2v) is 4.62.